The van der Waals surface area contributed by atoms with Gasteiger partial charge in [-0.2, -0.15) is 8.78 Å². The summed E-state index contributed by atoms with van der Waals surface area (Å²) in [6, 6.07) is 6.66. The summed E-state index contributed by atoms with van der Waals surface area (Å²) in [5, 5.41) is 1.65. The Morgan fingerprint density at radius 2 is 1.96 bits per heavy atom. The highest BCUT2D eigenvalue weighted by atomic mass is 19.3. The second kappa shape index (κ2) is 6.15. The number of piperidine rings is 1. The predicted molar refractivity (Wildman–Crippen MR) is 80.7 cm³/mol. The third-order valence-electron chi connectivity index (χ3n) is 4.84. The smallest absolute Gasteiger partial charge is 0.297 e. The van der Waals surface area contributed by atoms with Gasteiger partial charge in [0.1, 0.15) is 0 Å². The molecule has 2 fully saturated rings. The van der Waals surface area contributed by atoms with Crippen molar-refractivity contribution in [2.45, 2.75) is 50.5 Å². The number of carbonyl (C=O) groups excluding carboxylic acids is 1. The minimum absolute atomic E-state index is 0.0998. The molecule has 1 aromatic carbocycles. The number of nitrogens with zero attached hydrogens (tertiary/aromatic N) is 1. The van der Waals surface area contributed by atoms with Crippen LogP contribution in [0.3, 0.4) is 0 Å². The average Bonchev–Trinajstić information content (AvgIpc) is 3.27. The number of rotatable bonds is 4. The lowest BCUT2D eigenvalue weighted by Crippen LogP contribution is -2.52. The number of alkyl halides is 3. The van der Waals surface area contributed by atoms with E-state index in [9.17, 15) is 18.0 Å². The zero-order valence-corrected chi connectivity index (χ0v) is 13.0. The summed E-state index contributed by atoms with van der Waals surface area (Å²) in [6.45, 7) is 1.35. The largest absolute Gasteiger partial charge is 0.328 e. The summed E-state index contributed by atoms with van der Waals surface area (Å²) in [7, 11) is 0. The highest BCUT2D eigenvalue weighted by Gasteiger charge is 2.51. The minimum atomic E-state index is -3.34. The zero-order chi connectivity index (χ0) is 16.6. The van der Waals surface area contributed by atoms with Crippen LogP contribution in [-0.2, 0) is 4.79 Å². The van der Waals surface area contributed by atoms with Crippen molar-refractivity contribution < 1.29 is 18.0 Å². The lowest BCUT2D eigenvalue weighted by molar-refractivity contribution is -0.150. The summed E-state index contributed by atoms with van der Waals surface area (Å²) in [5.74, 6) is -1.65. The number of carbonyl (C=O) groups is 1. The first-order valence-corrected chi connectivity index (χ1v) is 8.00. The number of halogens is 3. The molecule has 0 radical (unpaired) electrons. The van der Waals surface area contributed by atoms with Crippen LogP contribution in [0.4, 0.5) is 13.2 Å². The fraction of sp³-hybridized carbons (Fsp3) is 0.588. The van der Waals surface area contributed by atoms with Gasteiger partial charge in [0.25, 0.3) is 0 Å². The molecule has 1 saturated heterocycles. The predicted octanol–water partition coefficient (Wildman–Crippen LogP) is 3.28. The molecule has 2 unspecified atom stereocenters. The van der Waals surface area contributed by atoms with Crippen molar-refractivity contribution in [2.24, 2.45) is 5.92 Å². The Bertz CT molecular complexity index is 566. The van der Waals surface area contributed by atoms with E-state index in [4.69, 9.17) is 0 Å². The Morgan fingerprint density at radius 1 is 1.26 bits per heavy atom. The fourth-order valence-electron chi connectivity index (χ4n) is 3.58. The van der Waals surface area contributed by atoms with Gasteiger partial charge in [-0.05, 0) is 18.4 Å². The van der Waals surface area contributed by atoms with Crippen molar-refractivity contribution in [3.05, 3.63) is 35.9 Å². The average molecular weight is 326 g/mol. The zero-order valence-electron chi connectivity index (χ0n) is 13.0. The quantitative estimate of drug-likeness (QED) is 0.861. The van der Waals surface area contributed by atoms with Gasteiger partial charge < -0.3 is 0 Å². The van der Waals surface area contributed by atoms with E-state index in [1.807, 2.05) is 30.3 Å². The van der Waals surface area contributed by atoms with E-state index >= 15 is 0 Å². The van der Waals surface area contributed by atoms with Crippen LogP contribution < -0.4 is 5.32 Å². The molecule has 1 heterocycles. The Labute approximate surface area is 133 Å². The van der Waals surface area contributed by atoms with Gasteiger partial charge in [-0.25, -0.2) is 4.39 Å². The van der Waals surface area contributed by atoms with Gasteiger partial charge in [-0.15, -0.1) is 0 Å². The summed E-state index contributed by atoms with van der Waals surface area (Å²) in [4.78, 5) is 12.6. The summed E-state index contributed by atoms with van der Waals surface area (Å²) in [5.41, 5.74) is 1.18. The lowest BCUT2D eigenvalue weighted by atomic mass is 9.93. The molecule has 0 spiro atoms. The number of benzene rings is 1. The maximum Gasteiger partial charge on any atom is 0.328 e. The molecule has 1 saturated carbocycles. The van der Waals surface area contributed by atoms with Crippen molar-refractivity contribution in [3.63, 3.8) is 0 Å². The maximum atomic E-state index is 14.4. The number of likely N-dealkylation sites (tertiary alicyclic amines) is 1. The molecular formula is C17H21F3N2O. The van der Waals surface area contributed by atoms with Crippen LogP contribution in [0.2, 0.25) is 0 Å². The second-order valence-corrected chi connectivity index (χ2v) is 6.52. The third kappa shape index (κ3) is 3.52. The summed E-state index contributed by atoms with van der Waals surface area (Å²) in [6.07, 6.45) is -0.569. The standard InChI is InChI=1S/C17H21F3N2O/c1-11(23)21-17(19,20)13-7-8-22(16(18)9-13)15-10-14(15)12-5-3-2-4-6-12/h2-6,13-16H,7-10H2,1H3,(H,21,23)/t13?,14-,15+,16?/m0/s1. The van der Waals surface area contributed by atoms with Gasteiger partial charge in [0.2, 0.25) is 5.91 Å². The molecule has 1 aromatic rings. The summed E-state index contributed by atoms with van der Waals surface area (Å²) >= 11 is 0. The monoisotopic (exact) mass is 326 g/mol. The van der Waals surface area contributed by atoms with E-state index in [2.05, 4.69) is 0 Å². The minimum Gasteiger partial charge on any atom is -0.297 e. The highest BCUT2D eigenvalue weighted by Crippen LogP contribution is 2.48. The van der Waals surface area contributed by atoms with Crippen molar-refractivity contribution >= 4 is 5.91 Å². The first-order chi connectivity index (χ1) is 10.9. The van der Waals surface area contributed by atoms with Crippen molar-refractivity contribution in [2.75, 3.05) is 6.54 Å². The molecule has 6 heteroatoms. The van der Waals surface area contributed by atoms with Crippen LogP contribution >= 0.6 is 0 Å². The van der Waals surface area contributed by atoms with Gasteiger partial charge >= 0.3 is 6.05 Å². The molecule has 4 atom stereocenters. The van der Waals surface area contributed by atoms with Gasteiger partial charge in [0.15, 0.2) is 6.30 Å². The fourth-order valence-corrected chi connectivity index (χ4v) is 3.58. The highest BCUT2D eigenvalue weighted by molar-refractivity contribution is 5.73. The normalized spacial score (nSPS) is 31.7. The van der Waals surface area contributed by atoms with Gasteiger partial charge in [0.05, 0.1) is 0 Å². The number of hydrogen-bond donors (Lipinski definition) is 1. The molecule has 1 aliphatic heterocycles. The van der Waals surface area contributed by atoms with E-state index in [0.717, 1.165) is 13.3 Å². The molecule has 0 aromatic heterocycles. The molecular weight excluding hydrogens is 305 g/mol. The van der Waals surface area contributed by atoms with E-state index in [1.54, 1.807) is 10.2 Å². The maximum absolute atomic E-state index is 14.4. The van der Waals surface area contributed by atoms with Crippen molar-refractivity contribution in [1.82, 2.24) is 10.2 Å². The number of nitrogens with one attached hydrogen (secondary N) is 1. The third-order valence-corrected chi connectivity index (χ3v) is 4.84. The van der Waals surface area contributed by atoms with Gasteiger partial charge in [-0.1, -0.05) is 30.3 Å². The van der Waals surface area contributed by atoms with E-state index < -0.39 is 24.2 Å². The topological polar surface area (TPSA) is 32.3 Å². The van der Waals surface area contributed by atoms with Crippen molar-refractivity contribution in [3.8, 4) is 0 Å². The SMILES string of the molecule is CC(=O)NC(F)(F)C1CCN([C@@H]2C[C@H]2c2ccccc2)C(F)C1. The van der Waals surface area contributed by atoms with Crippen LogP contribution in [0.1, 0.15) is 37.7 Å². The van der Waals surface area contributed by atoms with E-state index in [1.165, 1.54) is 5.56 Å². The van der Waals surface area contributed by atoms with Crippen LogP contribution in [0.25, 0.3) is 0 Å². The lowest BCUT2D eigenvalue weighted by Gasteiger charge is -2.38. The second-order valence-electron chi connectivity index (χ2n) is 6.52. The molecule has 2 aliphatic rings. The van der Waals surface area contributed by atoms with Gasteiger partial charge in [-0.3, -0.25) is 15.0 Å². The Morgan fingerprint density at radius 3 is 2.57 bits per heavy atom. The van der Waals surface area contributed by atoms with Crippen LogP contribution in [0, 0.1) is 5.92 Å². The molecule has 1 aliphatic carbocycles. The van der Waals surface area contributed by atoms with Crippen LogP contribution in [0.5, 0.6) is 0 Å². The molecule has 23 heavy (non-hydrogen) atoms. The molecule has 1 amide bonds. The Hall–Kier alpha value is -1.56. The number of hydrogen-bond acceptors (Lipinski definition) is 2. The molecule has 3 nitrogen and oxygen atoms in total. The number of amides is 1. The molecule has 1 N–H and O–H groups in total. The Kier molecular flexibility index (Phi) is 4.36. The summed E-state index contributed by atoms with van der Waals surface area (Å²) < 4.78 is 42.2. The van der Waals surface area contributed by atoms with Crippen LogP contribution in [0.15, 0.2) is 30.3 Å². The first kappa shape index (κ1) is 16.3. The Balaban J connectivity index is 1.59. The molecule has 126 valence electrons. The molecule has 0 bridgehead atoms. The first-order valence-electron chi connectivity index (χ1n) is 8.00. The van der Waals surface area contributed by atoms with E-state index in [-0.39, 0.29) is 18.9 Å². The van der Waals surface area contributed by atoms with Gasteiger partial charge in [0, 0.05) is 37.8 Å². The van der Waals surface area contributed by atoms with Crippen molar-refractivity contribution in [1.29, 1.82) is 0 Å². The van der Waals surface area contributed by atoms with Crippen LogP contribution in [-0.4, -0.2) is 35.7 Å². The molecule has 3 rings (SSSR count). The van der Waals surface area contributed by atoms with E-state index in [0.29, 0.717) is 12.5 Å².